The maximum Gasteiger partial charge on any atom is 0.311 e. The average Bonchev–Trinajstić information content (AvgIpc) is 2.79. The second-order valence-corrected chi connectivity index (χ2v) is 10.8. The molecule has 7 heteroatoms. The minimum absolute atomic E-state index is 0.0781. The first-order valence-electron chi connectivity index (χ1n) is 11.9. The summed E-state index contributed by atoms with van der Waals surface area (Å²) in [5.74, 6) is 0.449. The molecule has 4 rings (SSSR count). The van der Waals surface area contributed by atoms with Gasteiger partial charge >= 0.3 is 5.97 Å². The van der Waals surface area contributed by atoms with Crippen molar-refractivity contribution in [3.05, 3.63) is 52.5 Å². The second-order valence-electron chi connectivity index (χ2n) is 10.4. The molecule has 1 heterocycles. The Balaban J connectivity index is 1.38. The molecule has 2 aromatic rings. The maximum atomic E-state index is 12.7. The van der Waals surface area contributed by atoms with Crippen molar-refractivity contribution in [2.45, 2.75) is 64.8 Å². The molecule has 0 radical (unpaired) electrons. The van der Waals surface area contributed by atoms with Crippen LogP contribution >= 0.6 is 11.6 Å². The second kappa shape index (κ2) is 9.87. The highest BCUT2D eigenvalue weighted by Crippen LogP contribution is 2.42. The first-order chi connectivity index (χ1) is 16.1. The molecule has 0 saturated heterocycles. The predicted molar refractivity (Wildman–Crippen MR) is 131 cm³/mol. The number of nitrogens with one attached hydrogen (secondary N) is 1. The monoisotopic (exact) mass is 485 g/mol. The number of halogens is 1. The van der Waals surface area contributed by atoms with Gasteiger partial charge in [-0.15, -0.1) is 0 Å². The lowest BCUT2D eigenvalue weighted by Gasteiger charge is -2.37. The summed E-state index contributed by atoms with van der Waals surface area (Å²) in [6, 6.07) is 10.3. The van der Waals surface area contributed by atoms with E-state index in [2.05, 4.69) is 26.1 Å². The van der Waals surface area contributed by atoms with Crippen LogP contribution in [0.5, 0.6) is 17.2 Å². The average molecular weight is 486 g/mol. The maximum absolute atomic E-state index is 12.7. The van der Waals surface area contributed by atoms with E-state index in [1.165, 1.54) is 0 Å². The highest BCUT2D eigenvalue weighted by atomic mass is 35.5. The number of hydrogen-bond acceptors (Lipinski definition) is 4. The molecule has 6 nitrogen and oxygen atoms in total. The standard InChI is InChI=1S/C27H32ClNO5/c1-27(2,3)17-6-8-18(9-7-17)29-25(30)16-4-10-19(11-5-16)34-24-15-23-21(14-22(24)28)20(26(31)32)12-13-33-23/h4-5,10-11,14-15,17-18,20H,6-9,12-13H2,1-3H3,(H,29,30)(H,31,32). The summed E-state index contributed by atoms with van der Waals surface area (Å²) < 4.78 is 11.5. The number of carboxylic acid groups (broad SMARTS) is 1. The molecule has 34 heavy (non-hydrogen) atoms. The fraction of sp³-hybridized carbons (Fsp3) is 0.481. The molecule has 1 amide bonds. The van der Waals surface area contributed by atoms with Crippen molar-refractivity contribution in [1.82, 2.24) is 5.32 Å². The molecule has 1 fully saturated rings. The zero-order valence-electron chi connectivity index (χ0n) is 19.9. The number of carbonyl (C=O) groups is 2. The SMILES string of the molecule is CC(C)(C)C1CCC(NC(=O)c2ccc(Oc3cc4c(cc3Cl)C(C(=O)O)CCO4)cc2)CC1. The van der Waals surface area contributed by atoms with E-state index in [1.54, 1.807) is 36.4 Å². The molecule has 1 aliphatic carbocycles. The molecule has 1 atom stereocenters. The lowest BCUT2D eigenvalue weighted by Crippen LogP contribution is -2.39. The zero-order chi connectivity index (χ0) is 24.5. The van der Waals surface area contributed by atoms with Gasteiger partial charge in [-0.1, -0.05) is 32.4 Å². The number of ether oxygens (including phenoxy) is 2. The van der Waals surface area contributed by atoms with Crippen molar-refractivity contribution < 1.29 is 24.2 Å². The number of hydrogen-bond donors (Lipinski definition) is 2. The van der Waals surface area contributed by atoms with Gasteiger partial charge in [-0.2, -0.15) is 0 Å². The normalized spacial score (nSPS) is 22.3. The first kappa shape index (κ1) is 24.4. The van der Waals surface area contributed by atoms with Gasteiger partial charge in [-0.05, 0) is 73.8 Å². The Morgan fingerprint density at radius 1 is 1.06 bits per heavy atom. The van der Waals surface area contributed by atoms with Crippen LogP contribution in [0.25, 0.3) is 0 Å². The van der Waals surface area contributed by atoms with Gasteiger partial charge in [0, 0.05) is 23.2 Å². The van der Waals surface area contributed by atoms with Crippen LogP contribution in [0.1, 0.15) is 74.7 Å². The summed E-state index contributed by atoms with van der Waals surface area (Å²) in [5.41, 5.74) is 1.45. The molecule has 0 spiro atoms. The quantitative estimate of drug-likeness (QED) is 0.510. The molecule has 2 aromatic carbocycles. The smallest absolute Gasteiger partial charge is 0.311 e. The number of rotatable bonds is 5. The zero-order valence-corrected chi connectivity index (χ0v) is 20.7. The summed E-state index contributed by atoms with van der Waals surface area (Å²) in [5, 5.41) is 12.9. The fourth-order valence-electron chi connectivity index (χ4n) is 4.90. The van der Waals surface area contributed by atoms with Crippen LogP contribution in [0.2, 0.25) is 5.02 Å². The third-order valence-electron chi connectivity index (χ3n) is 7.03. The number of amides is 1. The van der Waals surface area contributed by atoms with Gasteiger partial charge < -0.3 is 19.9 Å². The number of carbonyl (C=O) groups excluding carboxylic acids is 1. The van der Waals surface area contributed by atoms with Crippen LogP contribution in [-0.2, 0) is 4.79 Å². The van der Waals surface area contributed by atoms with E-state index in [4.69, 9.17) is 21.1 Å². The lowest BCUT2D eigenvalue weighted by molar-refractivity contribution is -0.139. The van der Waals surface area contributed by atoms with E-state index in [1.807, 2.05) is 0 Å². The summed E-state index contributed by atoms with van der Waals surface area (Å²) in [7, 11) is 0. The minimum Gasteiger partial charge on any atom is -0.493 e. The third kappa shape index (κ3) is 5.49. The number of aliphatic carboxylic acids is 1. The Bertz CT molecular complexity index is 1050. The molecule has 2 aliphatic rings. The highest BCUT2D eigenvalue weighted by Gasteiger charge is 2.31. The van der Waals surface area contributed by atoms with Crippen LogP contribution in [0.3, 0.4) is 0 Å². The van der Waals surface area contributed by atoms with Gasteiger partial charge in [0.2, 0.25) is 0 Å². The number of benzene rings is 2. The van der Waals surface area contributed by atoms with Crippen LogP contribution < -0.4 is 14.8 Å². The highest BCUT2D eigenvalue weighted by molar-refractivity contribution is 6.32. The summed E-state index contributed by atoms with van der Waals surface area (Å²) in [6.45, 7) is 7.19. The summed E-state index contributed by atoms with van der Waals surface area (Å²) in [4.78, 5) is 24.2. The summed E-state index contributed by atoms with van der Waals surface area (Å²) in [6.07, 6.45) is 4.70. The largest absolute Gasteiger partial charge is 0.493 e. The van der Waals surface area contributed by atoms with Gasteiger partial charge in [-0.25, -0.2) is 0 Å². The Morgan fingerprint density at radius 2 is 1.74 bits per heavy atom. The fourth-order valence-corrected chi connectivity index (χ4v) is 5.11. The molecule has 1 aliphatic heterocycles. The molecule has 2 N–H and O–H groups in total. The van der Waals surface area contributed by atoms with E-state index in [0.717, 1.165) is 25.7 Å². The van der Waals surface area contributed by atoms with E-state index >= 15 is 0 Å². The van der Waals surface area contributed by atoms with Crippen molar-refractivity contribution in [3.63, 3.8) is 0 Å². The van der Waals surface area contributed by atoms with Gasteiger partial charge in [0.05, 0.1) is 17.5 Å². The summed E-state index contributed by atoms with van der Waals surface area (Å²) >= 11 is 6.37. The van der Waals surface area contributed by atoms with E-state index in [0.29, 0.717) is 57.8 Å². The minimum atomic E-state index is -0.898. The Kier molecular flexibility index (Phi) is 7.08. The predicted octanol–water partition coefficient (Wildman–Crippen LogP) is 6.42. The van der Waals surface area contributed by atoms with Crippen LogP contribution in [0.4, 0.5) is 0 Å². The van der Waals surface area contributed by atoms with Crippen molar-refractivity contribution in [3.8, 4) is 17.2 Å². The van der Waals surface area contributed by atoms with Crippen molar-refractivity contribution in [2.75, 3.05) is 6.61 Å². The lowest BCUT2D eigenvalue weighted by atomic mass is 9.71. The molecule has 0 bridgehead atoms. The van der Waals surface area contributed by atoms with Gasteiger partial charge in [0.25, 0.3) is 5.91 Å². The first-order valence-corrected chi connectivity index (χ1v) is 12.3. The Morgan fingerprint density at radius 3 is 2.35 bits per heavy atom. The molecular weight excluding hydrogens is 454 g/mol. The van der Waals surface area contributed by atoms with E-state index < -0.39 is 11.9 Å². The Hall–Kier alpha value is -2.73. The molecule has 1 saturated carbocycles. The van der Waals surface area contributed by atoms with Crippen LogP contribution in [0.15, 0.2) is 36.4 Å². The van der Waals surface area contributed by atoms with Crippen LogP contribution in [-0.4, -0.2) is 29.6 Å². The van der Waals surface area contributed by atoms with Crippen LogP contribution in [0, 0.1) is 11.3 Å². The van der Waals surface area contributed by atoms with Crippen molar-refractivity contribution >= 4 is 23.5 Å². The number of fused-ring (bicyclic) bond motifs is 1. The van der Waals surface area contributed by atoms with Crippen molar-refractivity contribution in [2.24, 2.45) is 11.3 Å². The van der Waals surface area contributed by atoms with Gasteiger partial charge in [0.1, 0.15) is 17.2 Å². The Labute approximate surface area is 205 Å². The molecule has 0 aromatic heterocycles. The third-order valence-corrected chi connectivity index (χ3v) is 7.33. The van der Waals surface area contributed by atoms with Gasteiger partial charge in [0.15, 0.2) is 0 Å². The topological polar surface area (TPSA) is 84.9 Å². The molecule has 182 valence electrons. The molecular formula is C27H32ClNO5. The van der Waals surface area contributed by atoms with Crippen molar-refractivity contribution in [1.29, 1.82) is 0 Å². The molecule has 1 unspecified atom stereocenters. The van der Waals surface area contributed by atoms with Gasteiger partial charge in [-0.3, -0.25) is 9.59 Å². The van der Waals surface area contributed by atoms with E-state index in [-0.39, 0.29) is 11.9 Å². The number of carboxylic acids is 1. The van der Waals surface area contributed by atoms with E-state index in [9.17, 15) is 14.7 Å².